The van der Waals surface area contributed by atoms with Crippen LogP contribution in [-0.4, -0.2) is 27.8 Å². The van der Waals surface area contributed by atoms with Crippen molar-refractivity contribution in [2.75, 3.05) is 11.5 Å². The number of benzene rings is 1. The van der Waals surface area contributed by atoms with E-state index in [-0.39, 0.29) is 5.25 Å². The molecule has 1 fully saturated rings. The van der Waals surface area contributed by atoms with Crippen molar-refractivity contribution < 1.29 is 4.79 Å². The molecule has 2 unspecified atom stereocenters. The summed E-state index contributed by atoms with van der Waals surface area (Å²) in [6, 6.07) is 6.69. The minimum Gasteiger partial charge on any atom is -0.298 e. The number of thioether (sulfide) groups is 2. The fourth-order valence-electron chi connectivity index (χ4n) is 3.24. The second-order valence-electron chi connectivity index (χ2n) is 5.71. The highest BCUT2D eigenvalue weighted by Crippen LogP contribution is 2.34. The molecule has 0 bridgehead atoms. The molecule has 2 atom stereocenters. The molecule has 0 radical (unpaired) electrons. The van der Waals surface area contributed by atoms with Crippen molar-refractivity contribution in [3.8, 4) is 0 Å². The Bertz CT molecular complexity index is 498. The quantitative estimate of drug-likeness (QED) is 0.839. The Morgan fingerprint density at radius 2 is 2.00 bits per heavy atom. The molecule has 1 aliphatic heterocycles. The van der Waals surface area contributed by atoms with Crippen molar-refractivity contribution >= 4 is 29.3 Å². The molecule has 2 aliphatic rings. The molecular formula is C17H22OS2. The number of ketones is 1. The van der Waals surface area contributed by atoms with Crippen molar-refractivity contribution in [3.05, 3.63) is 34.9 Å². The lowest BCUT2D eigenvalue weighted by Crippen LogP contribution is -2.33. The first-order valence-corrected chi connectivity index (χ1v) is 9.74. The maximum Gasteiger partial charge on any atom is 0.151 e. The van der Waals surface area contributed by atoms with E-state index in [2.05, 4.69) is 25.1 Å². The van der Waals surface area contributed by atoms with Crippen LogP contribution in [0.25, 0.3) is 0 Å². The molecule has 0 amide bonds. The number of carbonyl (C=O) groups excluding carboxylic acids is 1. The van der Waals surface area contributed by atoms with E-state index in [0.717, 1.165) is 12.2 Å². The highest BCUT2D eigenvalue weighted by Gasteiger charge is 2.30. The molecule has 3 rings (SSSR count). The van der Waals surface area contributed by atoms with E-state index in [1.165, 1.54) is 41.7 Å². The van der Waals surface area contributed by atoms with Gasteiger partial charge in [0.25, 0.3) is 0 Å². The Labute approximate surface area is 130 Å². The van der Waals surface area contributed by atoms with Crippen LogP contribution in [0.15, 0.2) is 18.2 Å². The van der Waals surface area contributed by atoms with Crippen LogP contribution < -0.4 is 0 Å². The smallest absolute Gasteiger partial charge is 0.151 e. The predicted molar refractivity (Wildman–Crippen MR) is 90.0 cm³/mol. The van der Waals surface area contributed by atoms with Crippen LogP contribution in [0.1, 0.15) is 36.5 Å². The zero-order chi connectivity index (χ0) is 13.9. The molecule has 1 aromatic carbocycles. The van der Waals surface area contributed by atoms with Gasteiger partial charge in [-0.05, 0) is 42.4 Å². The molecule has 1 aliphatic carbocycles. The van der Waals surface area contributed by atoms with Crippen molar-refractivity contribution in [3.63, 3.8) is 0 Å². The predicted octanol–water partition coefficient (Wildman–Crippen LogP) is 3.91. The molecule has 20 heavy (non-hydrogen) atoms. The topological polar surface area (TPSA) is 17.1 Å². The summed E-state index contributed by atoms with van der Waals surface area (Å²) in [5.41, 5.74) is 4.20. The lowest BCUT2D eigenvalue weighted by molar-refractivity contribution is -0.117. The molecule has 0 spiro atoms. The third-order valence-corrected chi connectivity index (χ3v) is 7.61. The minimum absolute atomic E-state index is 0.215. The van der Waals surface area contributed by atoms with E-state index < -0.39 is 0 Å². The Morgan fingerprint density at radius 3 is 2.85 bits per heavy atom. The largest absolute Gasteiger partial charge is 0.298 e. The Morgan fingerprint density at radius 1 is 1.20 bits per heavy atom. The highest BCUT2D eigenvalue weighted by atomic mass is 32.2. The number of hydrogen-bond acceptors (Lipinski definition) is 3. The van der Waals surface area contributed by atoms with Crippen LogP contribution in [0.4, 0.5) is 0 Å². The highest BCUT2D eigenvalue weighted by molar-refractivity contribution is 8.07. The number of rotatable bonds is 4. The molecule has 108 valence electrons. The molecule has 3 heteroatoms. The molecule has 1 aromatic rings. The van der Waals surface area contributed by atoms with Gasteiger partial charge in [-0.1, -0.05) is 25.1 Å². The Kier molecular flexibility index (Phi) is 4.77. The van der Waals surface area contributed by atoms with Gasteiger partial charge in [0.2, 0.25) is 0 Å². The minimum atomic E-state index is 0.215. The van der Waals surface area contributed by atoms with Gasteiger partial charge in [0.15, 0.2) is 5.78 Å². The SMILES string of the molecule is CCC1SCCSC1C(=O)Cc1ccc2c(c1)CCC2. The van der Waals surface area contributed by atoms with Crippen molar-refractivity contribution in [1.29, 1.82) is 0 Å². The summed E-state index contributed by atoms with van der Waals surface area (Å²) in [6.07, 6.45) is 5.43. The van der Waals surface area contributed by atoms with E-state index in [1.807, 2.05) is 23.5 Å². The van der Waals surface area contributed by atoms with E-state index in [4.69, 9.17) is 0 Å². The summed E-state index contributed by atoms with van der Waals surface area (Å²) in [6.45, 7) is 2.21. The first kappa shape index (κ1) is 14.5. The lowest BCUT2D eigenvalue weighted by Gasteiger charge is -2.28. The number of fused-ring (bicyclic) bond motifs is 1. The summed E-state index contributed by atoms with van der Waals surface area (Å²) in [7, 11) is 0. The van der Waals surface area contributed by atoms with Crippen LogP contribution in [0, 0.1) is 0 Å². The fraction of sp³-hybridized carbons (Fsp3) is 0.588. The van der Waals surface area contributed by atoms with Gasteiger partial charge in [-0.2, -0.15) is 11.8 Å². The normalized spacial score (nSPS) is 25.4. The molecule has 1 nitrogen and oxygen atoms in total. The average molecular weight is 306 g/mol. The van der Waals surface area contributed by atoms with Gasteiger partial charge in [0, 0.05) is 23.2 Å². The zero-order valence-corrected chi connectivity index (χ0v) is 13.7. The second kappa shape index (κ2) is 6.57. The fourth-order valence-corrected chi connectivity index (χ4v) is 6.27. The lowest BCUT2D eigenvalue weighted by atomic mass is 10.0. The number of carbonyl (C=O) groups is 1. The average Bonchev–Trinajstić information content (AvgIpc) is 2.94. The van der Waals surface area contributed by atoms with Crippen LogP contribution >= 0.6 is 23.5 Å². The summed E-state index contributed by atoms with van der Waals surface area (Å²) in [5, 5.41) is 0.739. The Hall–Kier alpha value is -0.410. The van der Waals surface area contributed by atoms with Gasteiger partial charge in [0.1, 0.15) is 0 Å². The Balaban J connectivity index is 1.69. The van der Waals surface area contributed by atoms with Crippen LogP contribution in [0.3, 0.4) is 0 Å². The number of hydrogen-bond donors (Lipinski definition) is 0. The number of Topliss-reactive ketones (excluding diaryl/α,β-unsaturated/α-hetero) is 1. The second-order valence-corrected chi connectivity index (χ2v) is 8.31. The van der Waals surface area contributed by atoms with Crippen LogP contribution in [0.2, 0.25) is 0 Å². The van der Waals surface area contributed by atoms with Gasteiger partial charge in [-0.3, -0.25) is 4.79 Å². The molecule has 1 saturated heterocycles. The first-order valence-electron chi connectivity index (χ1n) is 7.64. The van der Waals surface area contributed by atoms with Crippen molar-refractivity contribution in [2.45, 2.75) is 49.5 Å². The summed E-state index contributed by atoms with van der Waals surface area (Å²) >= 11 is 3.87. The van der Waals surface area contributed by atoms with Gasteiger partial charge in [-0.15, -0.1) is 11.8 Å². The van der Waals surface area contributed by atoms with E-state index >= 15 is 0 Å². The van der Waals surface area contributed by atoms with Gasteiger partial charge in [-0.25, -0.2) is 0 Å². The van der Waals surface area contributed by atoms with E-state index in [0.29, 0.717) is 17.5 Å². The van der Waals surface area contributed by atoms with E-state index in [1.54, 1.807) is 0 Å². The molecule has 0 saturated carbocycles. The summed E-state index contributed by atoms with van der Waals surface area (Å²) in [5.74, 6) is 2.76. The maximum absolute atomic E-state index is 12.6. The standard InChI is InChI=1S/C17H22OS2/c1-2-16-17(20-9-8-19-16)15(18)11-12-6-7-13-4-3-5-14(13)10-12/h6-7,10,16-17H,2-5,8-9,11H2,1H3. The monoisotopic (exact) mass is 306 g/mol. The number of aryl methyl sites for hydroxylation is 2. The molecule has 0 N–H and O–H groups in total. The van der Waals surface area contributed by atoms with Crippen molar-refractivity contribution in [2.24, 2.45) is 0 Å². The third kappa shape index (κ3) is 3.09. The zero-order valence-electron chi connectivity index (χ0n) is 12.1. The van der Waals surface area contributed by atoms with Gasteiger partial charge < -0.3 is 0 Å². The molecule has 0 aromatic heterocycles. The van der Waals surface area contributed by atoms with Crippen molar-refractivity contribution in [1.82, 2.24) is 0 Å². The van der Waals surface area contributed by atoms with Crippen LogP contribution in [0.5, 0.6) is 0 Å². The molecular weight excluding hydrogens is 284 g/mol. The summed E-state index contributed by atoms with van der Waals surface area (Å²) < 4.78 is 0. The first-order chi connectivity index (χ1) is 9.78. The van der Waals surface area contributed by atoms with E-state index in [9.17, 15) is 4.79 Å². The van der Waals surface area contributed by atoms with Crippen LogP contribution in [-0.2, 0) is 24.1 Å². The molecule has 1 heterocycles. The third-order valence-electron chi connectivity index (χ3n) is 4.31. The van der Waals surface area contributed by atoms with Gasteiger partial charge in [0.05, 0.1) is 5.25 Å². The van der Waals surface area contributed by atoms with Gasteiger partial charge >= 0.3 is 0 Å². The maximum atomic E-state index is 12.6. The summed E-state index contributed by atoms with van der Waals surface area (Å²) in [4.78, 5) is 12.6.